The lowest BCUT2D eigenvalue weighted by Gasteiger charge is -2.28. The third-order valence-electron chi connectivity index (χ3n) is 1.24. The normalized spacial score (nSPS) is 25.4. The standard InChI is InChI=1S/C6H8NO2/c8-7(9)6-4-2-1-3-5-6/h1-4,6,8H,5H2/q-1. The molecule has 0 aliphatic heterocycles. The van der Waals surface area contributed by atoms with E-state index in [4.69, 9.17) is 5.21 Å². The van der Waals surface area contributed by atoms with Crippen molar-refractivity contribution in [2.45, 2.75) is 12.5 Å². The van der Waals surface area contributed by atoms with Crippen molar-refractivity contribution >= 4 is 0 Å². The first-order chi connectivity index (χ1) is 4.30. The Kier molecular flexibility index (Phi) is 2.00. The van der Waals surface area contributed by atoms with E-state index in [-0.39, 0.29) is 11.3 Å². The molecule has 1 aliphatic rings. The van der Waals surface area contributed by atoms with Crippen molar-refractivity contribution in [3.05, 3.63) is 29.5 Å². The maximum absolute atomic E-state index is 10.2. The van der Waals surface area contributed by atoms with Gasteiger partial charge < -0.3 is 10.4 Å². The second-order valence-electron chi connectivity index (χ2n) is 1.92. The first-order valence-electron chi connectivity index (χ1n) is 2.79. The summed E-state index contributed by atoms with van der Waals surface area (Å²) in [6.07, 6.45) is 7.69. The molecule has 0 bridgehead atoms. The number of allylic oxidation sites excluding steroid dienone is 2. The lowest BCUT2D eigenvalue weighted by Crippen LogP contribution is -2.24. The van der Waals surface area contributed by atoms with Crippen LogP contribution in [0, 0.1) is 5.21 Å². The molecule has 0 fully saturated rings. The summed E-state index contributed by atoms with van der Waals surface area (Å²) in [4.78, 5) is 0. The Balaban J connectivity index is 2.46. The first kappa shape index (κ1) is 6.48. The van der Waals surface area contributed by atoms with Gasteiger partial charge in [-0.05, 0) is 6.42 Å². The van der Waals surface area contributed by atoms with E-state index in [1.54, 1.807) is 12.2 Å². The fourth-order valence-corrected chi connectivity index (χ4v) is 0.731. The lowest BCUT2D eigenvalue weighted by atomic mass is 10.1. The third kappa shape index (κ3) is 1.64. The van der Waals surface area contributed by atoms with Gasteiger partial charge in [-0.15, -0.1) is 0 Å². The van der Waals surface area contributed by atoms with Gasteiger partial charge in [0.25, 0.3) is 0 Å². The van der Waals surface area contributed by atoms with Crippen molar-refractivity contribution in [1.29, 1.82) is 0 Å². The molecule has 3 nitrogen and oxygen atoms in total. The maximum Gasteiger partial charge on any atom is 0.0434 e. The van der Waals surface area contributed by atoms with E-state index in [9.17, 15) is 5.21 Å². The highest BCUT2D eigenvalue weighted by Gasteiger charge is 2.03. The highest BCUT2D eigenvalue weighted by Crippen LogP contribution is 2.07. The van der Waals surface area contributed by atoms with Crippen LogP contribution in [0.15, 0.2) is 24.3 Å². The van der Waals surface area contributed by atoms with Crippen LogP contribution in [0.25, 0.3) is 0 Å². The number of hydrogen-bond donors (Lipinski definition) is 1. The van der Waals surface area contributed by atoms with Crippen LogP contribution in [0.4, 0.5) is 0 Å². The minimum absolute atomic E-state index is 0.0278. The van der Waals surface area contributed by atoms with E-state index in [1.165, 1.54) is 0 Å². The lowest BCUT2D eigenvalue weighted by molar-refractivity contribution is -0.0634. The molecular weight excluding hydrogens is 118 g/mol. The molecule has 0 radical (unpaired) electrons. The van der Waals surface area contributed by atoms with E-state index >= 15 is 0 Å². The summed E-state index contributed by atoms with van der Waals surface area (Å²) in [5.74, 6) is 0. The molecule has 1 atom stereocenters. The van der Waals surface area contributed by atoms with Crippen molar-refractivity contribution in [3.8, 4) is 0 Å². The van der Waals surface area contributed by atoms with Crippen LogP contribution in [0.3, 0.4) is 0 Å². The Morgan fingerprint density at radius 3 is 2.67 bits per heavy atom. The molecule has 1 unspecified atom stereocenters. The van der Waals surface area contributed by atoms with E-state index in [1.807, 2.05) is 12.2 Å². The van der Waals surface area contributed by atoms with E-state index < -0.39 is 0 Å². The maximum atomic E-state index is 10.2. The molecule has 1 aliphatic carbocycles. The largest absolute Gasteiger partial charge is 0.762 e. The Bertz CT molecular complexity index is 140. The Morgan fingerprint density at radius 2 is 2.33 bits per heavy atom. The van der Waals surface area contributed by atoms with Crippen LogP contribution >= 0.6 is 0 Å². The molecule has 0 spiro atoms. The van der Waals surface area contributed by atoms with Gasteiger partial charge in [0.05, 0.1) is 0 Å². The molecule has 0 saturated heterocycles. The molecule has 3 heteroatoms. The second kappa shape index (κ2) is 2.77. The SMILES string of the molecule is [O-]N(O)C1C=CC=CC1. The minimum Gasteiger partial charge on any atom is -0.762 e. The molecule has 0 saturated carbocycles. The smallest absolute Gasteiger partial charge is 0.0434 e. The van der Waals surface area contributed by atoms with Crippen molar-refractivity contribution in [2.75, 3.05) is 0 Å². The van der Waals surface area contributed by atoms with Gasteiger partial charge in [0, 0.05) is 6.04 Å². The van der Waals surface area contributed by atoms with Crippen LogP contribution < -0.4 is 0 Å². The van der Waals surface area contributed by atoms with Crippen LogP contribution in [0.5, 0.6) is 0 Å². The average Bonchev–Trinajstić information content (AvgIpc) is 1.90. The van der Waals surface area contributed by atoms with Crippen LogP contribution in [-0.2, 0) is 0 Å². The number of rotatable bonds is 1. The van der Waals surface area contributed by atoms with Crippen molar-refractivity contribution in [3.63, 3.8) is 0 Å². The summed E-state index contributed by atoms with van der Waals surface area (Å²) in [5, 5.41) is 18.5. The van der Waals surface area contributed by atoms with E-state index in [2.05, 4.69) is 0 Å². The summed E-state index contributed by atoms with van der Waals surface area (Å²) < 4.78 is 0. The monoisotopic (exact) mass is 126 g/mol. The van der Waals surface area contributed by atoms with Crippen molar-refractivity contribution in [1.82, 2.24) is 5.23 Å². The molecule has 0 heterocycles. The summed E-state index contributed by atoms with van der Waals surface area (Å²) >= 11 is 0. The molecule has 50 valence electrons. The first-order valence-corrected chi connectivity index (χ1v) is 2.79. The van der Waals surface area contributed by atoms with Gasteiger partial charge in [0.15, 0.2) is 0 Å². The van der Waals surface area contributed by atoms with Gasteiger partial charge in [0.2, 0.25) is 0 Å². The second-order valence-corrected chi connectivity index (χ2v) is 1.92. The van der Waals surface area contributed by atoms with Gasteiger partial charge in [-0.1, -0.05) is 24.3 Å². The summed E-state index contributed by atoms with van der Waals surface area (Å²) in [5.41, 5.74) is 0. The van der Waals surface area contributed by atoms with E-state index in [0.29, 0.717) is 6.42 Å². The Morgan fingerprint density at radius 1 is 1.56 bits per heavy atom. The number of hydroxylamine groups is 2. The minimum atomic E-state index is -0.380. The van der Waals surface area contributed by atoms with Crippen LogP contribution in [-0.4, -0.2) is 16.5 Å². The molecule has 0 amide bonds. The Hall–Kier alpha value is -0.640. The topological polar surface area (TPSA) is 46.5 Å². The average molecular weight is 126 g/mol. The molecule has 0 aromatic heterocycles. The third-order valence-corrected chi connectivity index (χ3v) is 1.24. The fraction of sp³-hybridized carbons (Fsp3) is 0.333. The zero-order chi connectivity index (χ0) is 6.69. The quantitative estimate of drug-likeness (QED) is 0.534. The van der Waals surface area contributed by atoms with Gasteiger partial charge in [0.1, 0.15) is 0 Å². The summed E-state index contributed by atoms with van der Waals surface area (Å²) in [7, 11) is 0. The van der Waals surface area contributed by atoms with E-state index in [0.717, 1.165) is 0 Å². The number of hydrogen-bond acceptors (Lipinski definition) is 3. The molecule has 9 heavy (non-hydrogen) atoms. The molecule has 1 rings (SSSR count). The number of nitrogens with zero attached hydrogens (tertiary/aromatic N) is 1. The highest BCUT2D eigenvalue weighted by molar-refractivity contribution is 5.13. The summed E-state index contributed by atoms with van der Waals surface area (Å²) in [6.45, 7) is 0. The predicted molar refractivity (Wildman–Crippen MR) is 33.7 cm³/mol. The van der Waals surface area contributed by atoms with Crippen molar-refractivity contribution in [2.24, 2.45) is 0 Å². The summed E-state index contributed by atoms with van der Waals surface area (Å²) in [6, 6.07) is -0.380. The molecule has 1 N–H and O–H groups in total. The Labute approximate surface area is 53.4 Å². The van der Waals surface area contributed by atoms with Crippen LogP contribution in [0.2, 0.25) is 0 Å². The predicted octanol–water partition coefficient (Wildman–Crippen LogP) is 1.06. The van der Waals surface area contributed by atoms with Gasteiger partial charge in [-0.3, -0.25) is 5.23 Å². The van der Waals surface area contributed by atoms with Crippen LogP contribution in [0.1, 0.15) is 6.42 Å². The van der Waals surface area contributed by atoms with Crippen molar-refractivity contribution < 1.29 is 5.21 Å². The van der Waals surface area contributed by atoms with Gasteiger partial charge >= 0.3 is 0 Å². The van der Waals surface area contributed by atoms with Gasteiger partial charge in [-0.2, -0.15) is 0 Å². The van der Waals surface area contributed by atoms with Gasteiger partial charge in [-0.25, -0.2) is 0 Å². The highest BCUT2D eigenvalue weighted by atomic mass is 16.8. The molecule has 0 aromatic carbocycles. The molecular formula is C6H8NO2-. The zero-order valence-electron chi connectivity index (χ0n) is 4.90. The zero-order valence-corrected chi connectivity index (χ0v) is 4.90. The molecule has 0 aromatic rings. The fourth-order valence-electron chi connectivity index (χ4n) is 0.731.